The predicted octanol–water partition coefficient (Wildman–Crippen LogP) is 3.95. The molecule has 3 aromatic carbocycles. The first-order valence-corrected chi connectivity index (χ1v) is 14.0. The second-order valence-corrected chi connectivity index (χ2v) is 11.1. The fraction of sp³-hybridized carbons (Fsp3) is 0.321. The highest BCUT2D eigenvalue weighted by Crippen LogP contribution is 2.33. The summed E-state index contributed by atoms with van der Waals surface area (Å²) in [6.45, 7) is 0.335. The molecule has 1 saturated carbocycles. The third-order valence-corrected chi connectivity index (χ3v) is 8.09. The van der Waals surface area contributed by atoms with Crippen molar-refractivity contribution in [3.8, 4) is 11.5 Å². The minimum atomic E-state index is -3.88. The van der Waals surface area contributed by atoms with Crippen LogP contribution >= 0.6 is 0 Å². The lowest BCUT2D eigenvalue weighted by molar-refractivity contribution is 0.0696. The molecule has 1 aliphatic rings. The molecule has 0 spiro atoms. The van der Waals surface area contributed by atoms with Crippen molar-refractivity contribution in [2.24, 2.45) is 0 Å². The van der Waals surface area contributed by atoms with Gasteiger partial charge in [0.25, 0.3) is 10.0 Å². The van der Waals surface area contributed by atoms with Crippen LogP contribution in [0.15, 0.2) is 77.7 Å². The molecule has 0 aliphatic heterocycles. The van der Waals surface area contributed by atoms with Gasteiger partial charge in [-0.25, -0.2) is 13.2 Å². The van der Waals surface area contributed by atoms with Gasteiger partial charge < -0.3 is 25.4 Å². The summed E-state index contributed by atoms with van der Waals surface area (Å²) in [6.07, 6.45) is 3.07. The molecule has 0 unspecified atom stereocenters. The second-order valence-electron chi connectivity index (χ2n) is 9.45. The van der Waals surface area contributed by atoms with Gasteiger partial charge in [0.15, 0.2) is 0 Å². The van der Waals surface area contributed by atoms with E-state index in [-0.39, 0.29) is 34.5 Å². The fourth-order valence-electron chi connectivity index (χ4n) is 4.57. The average Bonchev–Trinajstić information content (AvgIpc) is 2.93. The van der Waals surface area contributed by atoms with E-state index in [2.05, 4.69) is 10.0 Å². The molecule has 0 bridgehead atoms. The molecule has 4 rings (SSSR count). The van der Waals surface area contributed by atoms with E-state index in [1.165, 1.54) is 30.3 Å². The number of aliphatic hydroxyl groups excluding tert-OH is 1. The molecule has 5 N–H and O–H groups in total. The number of nitrogens with one attached hydrogen (secondary N) is 2. The van der Waals surface area contributed by atoms with Crippen LogP contribution in [0.2, 0.25) is 0 Å². The van der Waals surface area contributed by atoms with E-state index >= 15 is 0 Å². The van der Waals surface area contributed by atoms with Crippen LogP contribution in [0, 0.1) is 0 Å². The van der Waals surface area contributed by atoms with Gasteiger partial charge in [-0.3, -0.25) is 4.72 Å². The highest BCUT2D eigenvalue weighted by Gasteiger charge is 2.23. The summed E-state index contributed by atoms with van der Waals surface area (Å²) in [5.74, 6) is -0.466. The van der Waals surface area contributed by atoms with E-state index in [0.717, 1.165) is 31.2 Å². The van der Waals surface area contributed by atoms with Gasteiger partial charge in [-0.15, -0.1) is 0 Å². The summed E-state index contributed by atoms with van der Waals surface area (Å²) in [4.78, 5) is 11.1. The Hall–Kier alpha value is -3.60. The molecule has 0 amide bonds. The van der Waals surface area contributed by atoms with Gasteiger partial charge >= 0.3 is 5.97 Å². The summed E-state index contributed by atoms with van der Waals surface area (Å²) in [5, 5.41) is 33.0. The predicted molar refractivity (Wildman–Crippen MR) is 143 cm³/mol. The molecule has 0 aromatic heterocycles. The lowest BCUT2D eigenvalue weighted by Gasteiger charge is -2.30. The van der Waals surface area contributed by atoms with Gasteiger partial charge in [-0.2, -0.15) is 0 Å². The van der Waals surface area contributed by atoms with Gasteiger partial charge in [0.1, 0.15) is 24.2 Å². The maximum absolute atomic E-state index is 12.6. The maximum atomic E-state index is 12.6. The third kappa shape index (κ3) is 7.25. The van der Waals surface area contributed by atoms with Crippen LogP contribution in [0.4, 0.5) is 5.69 Å². The number of anilines is 1. The van der Waals surface area contributed by atoms with E-state index in [1.807, 2.05) is 12.1 Å². The van der Waals surface area contributed by atoms with Crippen LogP contribution < -0.4 is 14.8 Å². The summed E-state index contributed by atoms with van der Waals surface area (Å²) in [7, 11) is -3.88. The van der Waals surface area contributed by atoms with Crippen molar-refractivity contribution in [2.45, 2.75) is 48.6 Å². The number of aromatic carboxylic acids is 1. The molecule has 10 heteroatoms. The van der Waals surface area contributed by atoms with Gasteiger partial charge in [0.05, 0.1) is 16.1 Å². The number of aliphatic hydroxyl groups is 1. The van der Waals surface area contributed by atoms with Gasteiger partial charge in [-0.05, 0) is 73.6 Å². The van der Waals surface area contributed by atoms with E-state index in [9.17, 15) is 23.4 Å². The molecule has 9 nitrogen and oxygen atoms in total. The molecular weight excluding hydrogens is 508 g/mol. The topological polar surface area (TPSA) is 145 Å². The van der Waals surface area contributed by atoms with Crippen molar-refractivity contribution in [1.29, 1.82) is 0 Å². The van der Waals surface area contributed by atoms with Crippen LogP contribution in [-0.2, 0) is 10.0 Å². The average molecular weight is 541 g/mol. The Bertz CT molecular complexity index is 1320. The lowest BCUT2D eigenvalue weighted by atomic mass is 9.81. The zero-order chi connectivity index (χ0) is 27.1. The van der Waals surface area contributed by atoms with Gasteiger partial charge in [-0.1, -0.05) is 30.3 Å². The monoisotopic (exact) mass is 540 g/mol. The van der Waals surface area contributed by atoms with Crippen molar-refractivity contribution in [3.05, 3.63) is 83.9 Å². The smallest absolute Gasteiger partial charge is 0.335 e. The van der Waals surface area contributed by atoms with E-state index in [0.29, 0.717) is 18.2 Å². The van der Waals surface area contributed by atoms with Crippen LogP contribution in [0.3, 0.4) is 0 Å². The SMILES string of the molecule is O=C(O)c1ccc(C2CCC(NC[C@H](O)COc3ccc(O)c(NS(=O)(=O)c4ccccc4)c3)CC2)cc1. The zero-order valence-corrected chi connectivity index (χ0v) is 21.6. The Morgan fingerprint density at radius 2 is 1.66 bits per heavy atom. The number of carboxylic acids is 1. The van der Waals surface area contributed by atoms with Crippen molar-refractivity contribution < 1.29 is 33.3 Å². The number of phenolic OH excluding ortho intramolecular Hbond substituents is 1. The molecule has 1 aliphatic carbocycles. The third-order valence-electron chi connectivity index (χ3n) is 6.71. The normalized spacial score (nSPS) is 18.4. The molecular formula is C28H32N2O7S. The van der Waals surface area contributed by atoms with Gasteiger partial charge in [0.2, 0.25) is 0 Å². The minimum Gasteiger partial charge on any atom is -0.506 e. The summed E-state index contributed by atoms with van der Waals surface area (Å²) in [5.41, 5.74) is 1.42. The Balaban J connectivity index is 1.22. The molecule has 0 saturated heterocycles. The highest BCUT2D eigenvalue weighted by molar-refractivity contribution is 7.92. The molecule has 3 aromatic rings. The standard InChI is InChI=1S/C28H32N2O7S/c31-23(17-29-22-12-10-20(11-13-22)19-6-8-21(9-7-19)28(33)34)18-37-24-14-15-27(32)26(16-24)30-38(35,36)25-4-2-1-3-5-25/h1-9,14-16,20,22-23,29-32H,10-13,17-18H2,(H,33,34)/t20?,22?,23-/m0/s1. The first-order chi connectivity index (χ1) is 18.2. The Morgan fingerprint density at radius 3 is 2.32 bits per heavy atom. The number of aromatic hydroxyl groups is 1. The summed E-state index contributed by atoms with van der Waals surface area (Å²) >= 11 is 0. The zero-order valence-electron chi connectivity index (χ0n) is 20.8. The van der Waals surface area contributed by atoms with Crippen molar-refractivity contribution in [2.75, 3.05) is 17.9 Å². The molecule has 0 heterocycles. The molecule has 38 heavy (non-hydrogen) atoms. The number of ether oxygens (including phenoxy) is 1. The van der Waals surface area contributed by atoms with E-state index in [1.54, 1.807) is 30.3 Å². The number of phenols is 1. The van der Waals surface area contributed by atoms with Crippen LogP contribution in [-0.4, -0.2) is 55.0 Å². The number of benzene rings is 3. The number of sulfonamides is 1. The van der Waals surface area contributed by atoms with Crippen molar-refractivity contribution >= 4 is 21.7 Å². The summed E-state index contributed by atoms with van der Waals surface area (Å²) < 4.78 is 33.2. The van der Waals surface area contributed by atoms with Crippen molar-refractivity contribution in [1.82, 2.24) is 5.32 Å². The number of carboxylic acid groups (broad SMARTS) is 1. The van der Waals surface area contributed by atoms with Crippen LogP contribution in [0.5, 0.6) is 11.5 Å². The minimum absolute atomic E-state index is 0.00603. The van der Waals surface area contributed by atoms with E-state index in [4.69, 9.17) is 9.84 Å². The van der Waals surface area contributed by atoms with Crippen LogP contribution in [0.25, 0.3) is 0 Å². The molecule has 1 atom stereocenters. The number of hydrogen-bond donors (Lipinski definition) is 5. The lowest BCUT2D eigenvalue weighted by Crippen LogP contribution is -2.39. The maximum Gasteiger partial charge on any atom is 0.335 e. The fourth-order valence-corrected chi connectivity index (χ4v) is 5.66. The first-order valence-electron chi connectivity index (χ1n) is 12.5. The molecule has 202 valence electrons. The van der Waals surface area contributed by atoms with Gasteiger partial charge in [0, 0.05) is 18.7 Å². The van der Waals surface area contributed by atoms with Crippen molar-refractivity contribution in [3.63, 3.8) is 0 Å². The number of carbonyl (C=O) groups is 1. The van der Waals surface area contributed by atoms with Crippen LogP contribution in [0.1, 0.15) is 47.5 Å². The molecule has 0 radical (unpaired) electrons. The Labute approximate surface area is 222 Å². The largest absolute Gasteiger partial charge is 0.506 e. The van der Waals surface area contributed by atoms with E-state index < -0.39 is 22.1 Å². The first kappa shape index (κ1) is 27.4. The summed E-state index contributed by atoms with van der Waals surface area (Å²) in [6, 6.07) is 19.4. The Kier molecular flexibility index (Phi) is 8.88. The number of rotatable bonds is 11. The quantitative estimate of drug-likeness (QED) is 0.230. The Morgan fingerprint density at radius 1 is 0.974 bits per heavy atom. The molecule has 1 fully saturated rings. The highest BCUT2D eigenvalue weighted by atomic mass is 32.2. The second kappa shape index (κ2) is 12.3. The number of hydrogen-bond acceptors (Lipinski definition) is 7.